The van der Waals surface area contributed by atoms with Crippen molar-refractivity contribution in [1.29, 1.82) is 0 Å². The number of hydrogen-bond donors (Lipinski definition) is 2. The van der Waals surface area contributed by atoms with Gasteiger partial charge in [-0.05, 0) is 43.7 Å². The van der Waals surface area contributed by atoms with Gasteiger partial charge in [-0.3, -0.25) is 4.79 Å². The highest BCUT2D eigenvalue weighted by molar-refractivity contribution is 8.00. The molecule has 1 aliphatic heterocycles. The highest BCUT2D eigenvalue weighted by Gasteiger charge is 2.37. The number of aryl methyl sites for hydroxylation is 1. The standard InChI is InChI=1S/C19H21N5O3S/c1-3-26-14-8-6-13(7-9-14)16-17(18(25)20-11-15-5-4-10-27-15)28-19-22-21-12(2)24(19)23-16/h4-10,16-17,23H,3,11H2,1-2H3,(H,20,25)/t16-,17-/m0/s1. The minimum Gasteiger partial charge on any atom is -0.494 e. The van der Waals surface area contributed by atoms with E-state index < -0.39 is 5.25 Å². The Balaban J connectivity index is 1.58. The fourth-order valence-corrected chi connectivity index (χ4v) is 4.19. The third-order valence-corrected chi connectivity index (χ3v) is 5.64. The van der Waals surface area contributed by atoms with Gasteiger partial charge >= 0.3 is 0 Å². The number of thioether (sulfide) groups is 1. The van der Waals surface area contributed by atoms with Crippen molar-refractivity contribution in [2.45, 2.75) is 36.8 Å². The van der Waals surface area contributed by atoms with Crippen LogP contribution in [0.25, 0.3) is 0 Å². The van der Waals surface area contributed by atoms with E-state index in [9.17, 15) is 4.79 Å². The molecule has 1 aromatic carbocycles. The van der Waals surface area contributed by atoms with Gasteiger partial charge in [-0.2, -0.15) is 0 Å². The normalized spacial score (nSPS) is 18.2. The Labute approximate surface area is 166 Å². The van der Waals surface area contributed by atoms with E-state index in [1.54, 1.807) is 12.3 Å². The Morgan fingerprint density at radius 3 is 2.86 bits per heavy atom. The molecule has 1 amide bonds. The number of fused-ring (bicyclic) bond motifs is 1. The van der Waals surface area contributed by atoms with Gasteiger partial charge < -0.3 is 19.9 Å². The monoisotopic (exact) mass is 399 g/mol. The fraction of sp³-hybridized carbons (Fsp3) is 0.316. The Kier molecular flexibility index (Phi) is 5.25. The highest BCUT2D eigenvalue weighted by Crippen LogP contribution is 2.37. The quantitative estimate of drug-likeness (QED) is 0.658. The maximum atomic E-state index is 13.0. The largest absolute Gasteiger partial charge is 0.494 e. The number of carbonyl (C=O) groups excluding carboxylic acids is 1. The molecule has 2 aromatic heterocycles. The van der Waals surface area contributed by atoms with Crippen molar-refractivity contribution in [1.82, 2.24) is 20.2 Å². The highest BCUT2D eigenvalue weighted by atomic mass is 32.2. The number of rotatable bonds is 6. The van der Waals surface area contributed by atoms with Gasteiger partial charge in [-0.15, -0.1) is 10.2 Å². The van der Waals surface area contributed by atoms with Crippen molar-refractivity contribution in [3.05, 3.63) is 59.8 Å². The van der Waals surface area contributed by atoms with E-state index in [1.165, 1.54) is 11.8 Å². The Hall–Kier alpha value is -2.94. The van der Waals surface area contributed by atoms with Gasteiger partial charge in [-0.1, -0.05) is 23.9 Å². The van der Waals surface area contributed by atoms with Crippen molar-refractivity contribution >= 4 is 17.7 Å². The molecule has 3 aromatic rings. The van der Waals surface area contributed by atoms with Crippen LogP contribution in [0, 0.1) is 6.92 Å². The second kappa shape index (κ2) is 7.97. The maximum absolute atomic E-state index is 13.0. The summed E-state index contributed by atoms with van der Waals surface area (Å²) in [5, 5.41) is 11.5. The lowest BCUT2D eigenvalue weighted by Crippen LogP contribution is -2.43. The summed E-state index contributed by atoms with van der Waals surface area (Å²) in [5.41, 5.74) is 4.36. The van der Waals surface area contributed by atoms with Crippen molar-refractivity contribution in [3.63, 3.8) is 0 Å². The van der Waals surface area contributed by atoms with Crippen LogP contribution in [0.2, 0.25) is 0 Å². The van der Waals surface area contributed by atoms with Crippen molar-refractivity contribution in [3.8, 4) is 5.75 Å². The van der Waals surface area contributed by atoms with Crippen LogP contribution in [0.15, 0.2) is 52.2 Å². The molecule has 0 saturated carbocycles. The minimum absolute atomic E-state index is 0.0975. The third-order valence-electron chi connectivity index (χ3n) is 4.42. The summed E-state index contributed by atoms with van der Waals surface area (Å²) in [6.45, 7) is 4.77. The molecule has 4 rings (SSSR count). The fourth-order valence-electron chi connectivity index (χ4n) is 3.04. The lowest BCUT2D eigenvalue weighted by molar-refractivity contribution is -0.121. The molecule has 9 heteroatoms. The third kappa shape index (κ3) is 3.70. The molecule has 2 atom stereocenters. The first-order chi connectivity index (χ1) is 13.7. The average Bonchev–Trinajstić information content (AvgIpc) is 3.36. The summed E-state index contributed by atoms with van der Waals surface area (Å²) < 4.78 is 12.6. The molecule has 3 heterocycles. The predicted octanol–water partition coefficient (Wildman–Crippen LogP) is 2.65. The van der Waals surface area contributed by atoms with Gasteiger partial charge in [-0.25, -0.2) is 4.68 Å². The topological polar surface area (TPSA) is 94.2 Å². The zero-order valence-electron chi connectivity index (χ0n) is 15.6. The number of nitrogens with zero attached hydrogens (tertiary/aromatic N) is 3. The zero-order chi connectivity index (χ0) is 19.5. The van der Waals surface area contributed by atoms with Crippen LogP contribution in [0.5, 0.6) is 5.75 Å². The van der Waals surface area contributed by atoms with Crippen LogP contribution >= 0.6 is 11.8 Å². The molecule has 0 bridgehead atoms. The molecular formula is C19H21N5O3S. The van der Waals surface area contributed by atoms with Crippen molar-refractivity contribution in [2.24, 2.45) is 0 Å². The van der Waals surface area contributed by atoms with Crippen molar-refractivity contribution < 1.29 is 13.9 Å². The van der Waals surface area contributed by atoms with Crippen LogP contribution in [0.1, 0.15) is 30.1 Å². The van der Waals surface area contributed by atoms with Gasteiger partial charge in [0, 0.05) is 0 Å². The molecule has 1 aliphatic rings. The maximum Gasteiger partial charge on any atom is 0.236 e. The van der Waals surface area contributed by atoms with Gasteiger partial charge in [0.2, 0.25) is 11.1 Å². The lowest BCUT2D eigenvalue weighted by atomic mass is 10.0. The Morgan fingerprint density at radius 1 is 1.32 bits per heavy atom. The zero-order valence-corrected chi connectivity index (χ0v) is 16.4. The van der Waals surface area contributed by atoms with E-state index in [2.05, 4.69) is 20.9 Å². The predicted molar refractivity (Wildman–Crippen MR) is 105 cm³/mol. The van der Waals surface area contributed by atoms with E-state index in [0.717, 1.165) is 17.1 Å². The minimum atomic E-state index is -0.413. The molecule has 2 N–H and O–H groups in total. The Bertz CT molecular complexity index is 939. The number of aromatic nitrogens is 3. The molecule has 28 heavy (non-hydrogen) atoms. The molecule has 0 unspecified atom stereocenters. The van der Waals surface area contributed by atoms with Crippen LogP contribution < -0.4 is 15.5 Å². The van der Waals surface area contributed by atoms with E-state index in [-0.39, 0.29) is 11.9 Å². The van der Waals surface area contributed by atoms with Crippen LogP contribution in [0.3, 0.4) is 0 Å². The first-order valence-corrected chi connectivity index (χ1v) is 9.91. The number of hydrogen-bond acceptors (Lipinski definition) is 7. The van der Waals surface area contributed by atoms with Gasteiger partial charge in [0.15, 0.2) is 0 Å². The number of ether oxygens (including phenoxy) is 1. The molecule has 0 fully saturated rings. The van der Waals surface area contributed by atoms with E-state index >= 15 is 0 Å². The molecule has 146 valence electrons. The van der Waals surface area contributed by atoms with Gasteiger partial charge in [0.1, 0.15) is 22.6 Å². The molecule has 0 saturated heterocycles. The summed E-state index contributed by atoms with van der Waals surface area (Å²) >= 11 is 1.39. The van der Waals surface area contributed by atoms with E-state index in [0.29, 0.717) is 24.1 Å². The number of nitrogens with one attached hydrogen (secondary N) is 2. The van der Waals surface area contributed by atoms with E-state index in [1.807, 2.05) is 48.9 Å². The summed E-state index contributed by atoms with van der Waals surface area (Å²) in [6.07, 6.45) is 1.59. The molecule has 0 aliphatic carbocycles. The summed E-state index contributed by atoms with van der Waals surface area (Å²) in [7, 11) is 0. The molecule has 8 nitrogen and oxygen atoms in total. The smallest absolute Gasteiger partial charge is 0.236 e. The van der Waals surface area contributed by atoms with Crippen LogP contribution in [-0.2, 0) is 11.3 Å². The van der Waals surface area contributed by atoms with Gasteiger partial charge in [0.25, 0.3) is 0 Å². The van der Waals surface area contributed by atoms with Crippen molar-refractivity contribution in [2.75, 3.05) is 12.0 Å². The first-order valence-electron chi connectivity index (χ1n) is 9.03. The second-order valence-electron chi connectivity index (χ2n) is 6.31. The lowest BCUT2D eigenvalue weighted by Gasteiger charge is -2.32. The van der Waals surface area contributed by atoms with Crippen LogP contribution in [0.4, 0.5) is 0 Å². The van der Waals surface area contributed by atoms with Gasteiger partial charge in [0.05, 0.1) is 25.5 Å². The van der Waals surface area contributed by atoms with Crippen LogP contribution in [-0.4, -0.2) is 32.6 Å². The SMILES string of the molecule is CCOc1ccc([C@@H]2Nn3c(C)nnc3S[C@@H]2C(=O)NCc2ccco2)cc1. The number of furan rings is 1. The Morgan fingerprint density at radius 2 is 2.14 bits per heavy atom. The summed E-state index contributed by atoms with van der Waals surface area (Å²) in [6, 6.07) is 11.2. The summed E-state index contributed by atoms with van der Waals surface area (Å²) in [5.74, 6) is 2.15. The molecule has 0 radical (unpaired) electrons. The summed E-state index contributed by atoms with van der Waals surface area (Å²) in [4.78, 5) is 13.0. The molecule has 0 spiro atoms. The average molecular weight is 399 g/mol. The number of carbonyl (C=O) groups is 1. The number of amides is 1. The molecular weight excluding hydrogens is 378 g/mol. The second-order valence-corrected chi connectivity index (χ2v) is 7.42. The first kappa shape index (κ1) is 18.4. The van der Waals surface area contributed by atoms with E-state index in [4.69, 9.17) is 9.15 Å². The number of benzene rings is 1.